The second-order valence-corrected chi connectivity index (χ2v) is 4.25. The topological polar surface area (TPSA) is 79.1 Å². The van der Waals surface area contributed by atoms with Crippen molar-refractivity contribution in [1.82, 2.24) is 0 Å². The van der Waals surface area contributed by atoms with Crippen molar-refractivity contribution in [3.05, 3.63) is 33.8 Å². The molecule has 1 aliphatic rings. The van der Waals surface area contributed by atoms with Crippen LogP contribution in [0, 0.1) is 15.7 Å². The van der Waals surface area contributed by atoms with Crippen LogP contribution in [0.2, 0.25) is 0 Å². The summed E-state index contributed by atoms with van der Waals surface area (Å²) in [6.07, 6.45) is 4.20. The van der Waals surface area contributed by atoms with Crippen LogP contribution in [0.1, 0.15) is 20.8 Å². The van der Waals surface area contributed by atoms with Gasteiger partial charge in [-0.15, -0.1) is 9.81 Å². The molecule has 0 aliphatic heterocycles. The van der Waals surface area contributed by atoms with Crippen LogP contribution in [0.4, 0.5) is 0 Å². The zero-order chi connectivity index (χ0) is 11.7. The quantitative estimate of drug-likeness (QED) is 0.574. The molecule has 0 amide bonds. The summed E-state index contributed by atoms with van der Waals surface area (Å²) in [4.78, 5) is 21.4. The van der Waals surface area contributed by atoms with Gasteiger partial charge in [-0.2, -0.15) is 0 Å². The first-order valence-electron chi connectivity index (χ1n) is 4.72. The van der Waals surface area contributed by atoms with Gasteiger partial charge in [-0.05, 0) is 25.0 Å². The third-order valence-electron chi connectivity index (χ3n) is 2.74. The van der Waals surface area contributed by atoms with Crippen LogP contribution >= 0.6 is 0 Å². The van der Waals surface area contributed by atoms with Crippen molar-refractivity contribution in [2.75, 3.05) is 0 Å². The lowest BCUT2D eigenvalue weighted by molar-refractivity contribution is 0.271. The van der Waals surface area contributed by atoms with Gasteiger partial charge in [-0.1, -0.05) is 30.3 Å². The van der Waals surface area contributed by atoms with Gasteiger partial charge in [0.15, 0.2) is 5.54 Å². The van der Waals surface area contributed by atoms with Gasteiger partial charge >= 0.3 is 0 Å². The first-order chi connectivity index (χ1) is 6.90. The maximum Gasteiger partial charge on any atom is 0.179 e. The minimum absolute atomic E-state index is 0.182. The zero-order valence-electron chi connectivity index (χ0n) is 8.97. The van der Waals surface area contributed by atoms with Crippen molar-refractivity contribution in [3.8, 4) is 0 Å². The van der Waals surface area contributed by atoms with E-state index in [1.54, 1.807) is 20.8 Å². The van der Waals surface area contributed by atoms with Crippen LogP contribution in [-0.2, 0) is 0 Å². The molecule has 0 bridgehead atoms. The third-order valence-corrected chi connectivity index (χ3v) is 2.74. The second kappa shape index (κ2) is 3.56. The smallest absolute Gasteiger partial charge is 0.179 e. The maximum atomic E-state index is 10.8. The van der Waals surface area contributed by atoms with Crippen LogP contribution in [-0.4, -0.2) is 16.2 Å². The van der Waals surface area contributed by atoms with E-state index in [9.17, 15) is 14.9 Å². The lowest BCUT2D eigenvalue weighted by Gasteiger charge is -2.31. The number of nitroso groups, excluding NO2 is 2. The van der Waals surface area contributed by atoms with Crippen LogP contribution in [0.5, 0.6) is 0 Å². The molecule has 5 nitrogen and oxygen atoms in total. The van der Waals surface area contributed by atoms with Crippen molar-refractivity contribution in [2.45, 2.75) is 31.8 Å². The van der Waals surface area contributed by atoms with Crippen molar-refractivity contribution < 1.29 is 5.11 Å². The second-order valence-electron chi connectivity index (χ2n) is 4.25. The van der Waals surface area contributed by atoms with Crippen LogP contribution in [0.15, 0.2) is 34.3 Å². The van der Waals surface area contributed by atoms with Crippen LogP contribution in [0.3, 0.4) is 0 Å². The molecule has 1 rings (SSSR count). The van der Waals surface area contributed by atoms with E-state index in [0.29, 0.717) is 0 Å². The van der Waals surface area contributed by atoms with Gasteiger partial charge in [-0.3, -0.25) is 0 Å². The molecular formula is C10H14N2O3. The largest absolute Gasteiger partial charge is 0.509 e. The molecule has 0 saturated carbocycles. The summed E-state index contributed by atoms with van der Waals surface area (Å²) in [5.41, 5.74) is -2.35. The van der Waals surface area contributed by atoms with E-state index < -0.39 is 11.1 Å². The number of aliphatic hydroxyl groups is 1. The van der Waals surface area contributed by atoms with Gasteiger partial charge in [0.25, 0.3) is 0 Å². The molecular weight excluding hydrogens is 196 g/mol. The van der Waals surface area contributed by atoms with Crippen molar-refractivity contribution >= 4 is 0 Å². The van der Waals surface area contributed by atoms with Gasteiger partial charge in [0.2, 0.25) is 0 Å². The molecule has 82 valence electrons. The average Bonchev–Trinajstić information content (AvgIpc) is 2.18. The molecule has 0 saturated heterocycles. The fourth-order valence-electron chi connectivity index (χ4n) is 1.55. The number of hydrogen-bond donors (Lipinski definition) is 1. The molecule has 5 heteroatoms. The van der Waals surface area contributed by atoms with E-state index in [-0.39, 0.29) is 11.7 Å². The minimum atomic E-state index is -1.26. The van der Waals surface area contributed by atoms with Crippen LogP contribution < -0.4 is 0 Å². The third kappa shape index (κ3) is 1.69. The van der Waals surface area contributed by atoms with E-state index in [0.717, 1.165) is 0 Å². The first-order valence-corrected chi connectivity index (χ1v) is 4.72. The van der Waals surface area contributed by atoms with E-state index in [1.807, 2.05) is 0 Å². The molecule has 2 atom stereocenters. The number of hydrogen-bond acceptors (Lipinski definition) is 5. The number of nitrogens with zero attached hydrogens (tertiary/aromatic N) is 2. The Morgan fingerprint density at radius 1 is 1.27 bits per heavy atom. The van der Waals surface area contributed by atoms with Gasteiger partial charge in [-0.25, -0.2) is 0 Å². The Bertz CT molecular complexity index is 349. The Morgan fingerprint density at radius 2 is 1.87 bits per heavy atom. The Hall–Kier alpha value is -1.52. The summed E-state index contributed by atoms with van der Waals surface area (Å²) in [6.45, 7) is 5.08. The highest BCUT2D eigenvalue weighted by atomic mass is 16.3. The Kier molecular flexibility index (Phi) is 2.75. The predicted molar refractivity (Wildman–Crippen MR) is 57.4 cm³/mol. The van der Waals surface area contributed by atoms with Crippen molar-refractivity contribution in [3.63, 3.8) is 0 Å². The van der Waals surface area contributed by atoms with Crippen molar-refractivity contribution in [2.24, 2.45) is 16.3 Å². The lowest BCUT2D eigenvalue weighted by atomic mass is 9.78. The Labute approximate surface area is 87.8 Å². The first kappa shape index (κ1) is 11.6. The monoisotopic (exact) mass is 210 g/mol. The molecule has 0 heterocycles. The summed E-state index contributed by atoms with van der Waals surface area (Å²) in [6, 6.07) is 0. The van der Waals surface area contributed by atoms with Crippen LogP contribution in [0.25, 0.3) is 0 Å². The van der Waals surface area contributed by atoms with E-state index >= 15 is 0 Å². The highest BCUT2D eigenvalue weighted by Gasteiger charge is 2.42. The summed E-state index contributed by atoms with van der Waals surface area (Å²) < 4.78 is 0. The molecule has 0 fully saturated rings. The van der Waals surface area contributed by atoms with Gasteiger partial charge in [0, 0.05) is 0 Å². The zero-order valence-corrected chi connectivity index (χ0v) is 8.97. The summed E-state index contributed by atoms with van der Waals surface area (Å²) in [5.74, 6) is -0.393. The predicted octanol–water partition coefficient (Wildman–Crippen LogP) is 2.68. The SMILES string of the molecule is CC(C)C1(N=O)C=CC(C)(N=O)C=C1O. The Morgan fingerprint density at radius 3 is 2.20 bits per heavy atom. The molecule has 0 spiro atoms. The molecule has 0 radical (unpaired) electrons. The fourth-order valence-corrected chi connectivity index (χ4v) is 1.55. The molecule has 0 aromatic carbocycles. The summed E-state index contributed by atoms with van der Waals surface area (Å²) in [5, 5.41) is 15.6. The minimum Gasteiger partial charge on any atom is -0.509 e. The molecule has 0 aromatic heterocycles. The summed E-state index contributed by atoms with van der Waals surface area (Å²) in [7, 11) is 0. The number of aliphatic hydroxyl groups excluding tert-OH is 1. The van der Waals surface area contributed by atoms with Crippen molar-refractivity contribution in [1.29, 1.82) is 0 Å². The highest BCUT2D eigenvalue weighted by molar-refractivity contribution is 5.37. The highest BCUT2D eigenvalue weighted by Crippen LogP contribution is 2.37. The van der Waals surface area contributed by atoms with Gasteiger partial charge in [0.05, 0.1) is 0 Å². The molecule has 2 unspecified atom stereocenters. The van der Waals surface area contributed by atoms with Gasteiger partial charge in [0.1, 0.15) is 11.3 Å². The summed E-state index contributed by atoms with van der Waals surface area (Å²) >= 11 is 0. The number of rotatable bonds is 3. The average molecular weight is 210 g/mol. The fraction of sp³-hybridized carbons (Fsp3) is 0.600. The molecule has 15 heavy (non-hydrogen) atoms. The molecule has 1 N–H and O–H groups in total. The standard InChI is InChI=1S/C10H14N2O3/c1-7(2)10(12-15)5-4-9(3,11-14)6-8(10)13/h4-7,13H,1-3H3. The van der Waals surface area contributed by atoms with Gasteiger partial charge < -0.3 is 5.11 Å². The normalized spacial score (nSPS) is 35.1. The maximum absolute atomic E-state index is 10.8. The lowest BCUT2D eigenvalue weighted by Crippen LogP contribution is -2.38. The van der Waals surface area contributed by atoms with E-state index in [2.05, 4.69) is 10.4 Å². The van der Waals surface area contributed by atoms with E-state index in [1.165, 1.54) is 18.2 Å². The van der Waals surface area contributed by atoms with E-state index in [4.69, 9.17) is 0 Å². The molecule has 0 aromatic rings. The molecule has 1 aliphatic carbocycles. The Balaban J connectivity index is 3.21.